The van der Waals surface area contributed by atoms with Crippen LogP contribution in [0.3, 0.4) is 0 Å². The minimum Gasteiger partial charge on any atom is -0.399 e. The zero-order valence-electron chi connectivity index (χ0n) is 16.8. The van der Waals surface area contributed by atoms with Crippen molar-refractivity contribution < 1.29 is 4.79 Å². The van der Waals surface area contributed by atoms with Gasteiger partial charge in [-0.2, -0.15) is 0 Å². The summed E-state index contributed by atoms with van der Waals surface area (Å²) < 4.78 is 0. The van der Waals surface area contributed by atoms with Gasteiger partial charge in [-0.3, -0.25) is 9.78 Å². The van der Waals surface area contributed by atoms with E-state index < -0.39 is 0 Å². The lowest BCUT2D eigenvalue weighted by molar-refractivity contribution is 0.0922. The lowest BCUT2D eigenvalue weighted by atomic mass is 9.66. The predicted octanol–water partition coefficient (Wildman–Crippen LogP) is 3.55. The van der Waals surface area contributed by atoms with Crippen molar-refractivity contribution in [2.24, 2.45) is 0 Å². The van der Waals surface area contributed by atoms with E-state index in [0.717, 1.165) is 31.6 Å². The Kier molecular flexibility index (Phi) is 4.75. The molecule has 4 N–H and O–H groups in total. The number of fused-ring (bicyclic) bond motifs is 2. The minimum atomic E-state index is -0.152. The summed E-state index contributed by atoms with van der Waals surface area (Å²) in [6, 6.07) is 21.6. The fourth-order valence-corrected chi connectivity index (χ4v) is 5.41. The molecule has 1 fully saturated rings. The zero-order chi connectivity index (χ0) is 20.6. The van der Waals surface area contributed by atoms with E-state index in [2.05, 4.69) is 34.9 Å². The number of anilines is 1. The van der Waals surface area contributed by atoms with Gasteiger partial charge >= 0.3 is 0 Å². The highest BCUT2D eigenvalue weighted by molar-refractivity contribution is 5.94. The van der Waals surface area contributed by atoms with E-state index in [1.165, 1.54) is 11.1 Å². The van der Waals surface area contributed by atoms with Crippen LogP contribution in [0.5, 0.6) is 0 Å². The summed E-state index contributed by atoms with van der Waals surface area (Å²) in [4.78, 5) is 17.9. The Hall–Kier alpha value is -3.18. The van der Waals surface area contributed by atoms with Crippen molar-refractivity contribution in [2.45, 2.75) is 30.2 Å². The van der Waals surface area contributed by atoms with Crippen molar-refractivity contribution in [2.75, 3.05) is 18.8 Å². The van der Waals surface area contributed by atoms with Crippen LogP contribution in [0.2, 0.25) is 0 Å². The average Bonchev–Trinajstić information content (AvgIpc) is 3.04. The lowest BCUT2D eigenvalue weighted by Crippen LogP contribution is -2.44. The number of hydrogen-bond donors (Lipinski definition) is 3. The average molecular weight is 399 g/mol. The van der Waals surface area contributed by atoms with E-state index in [0.29, 0.717) is 11.3 Å². The molecule has 2 atom stereocenters. The highest BCUT2D eigenvalue weighted by Gasteiger charge is 2.53. The van der Waals surface area contributed by atoms with Gasteiger partial charge in [0, 0.05) is 34.5 Å². The van der Waals surface area contributed by atoms with Crippen LogP contribution in [0.1, 0.15) is 52.0 Å². The van der Waals surface area contributed by atoms with Crippen molar-refractivity contribution in [3.8, 4) is 0 Å². The highest BCUT2D eigenvalue weighted by atomic mass is 16.1. The molecule has 1 aliphatic heterocycles. The second kappa shape index (κ2) is 7.58. The second-order valence-corrected chi connectivity index (χ2v) is 8.30. The van der Waals surface area contributed by atoms with E-state index in [4.69, 9.17) is 10.7 Å². The maximum Gasteiger partial charge on any atom is 0.251 e. The maximum atomic E-state index is 13.2. The van der Waals surface area contributed by atoms with Crippen LogP contribution in [0.25, 0.3) is 0 Å². The van der Waals surface area contributed by atoms with E-state index in [-0.39, 0.29) is 23.3 Å². The molecule has 2 heterocycles. The first-order valence-corrected chi connectivity index (χ1v) is 10.6. The number of carbonyl (C=O) groups excluding carboxylic acids is 1. The minimum absolute atomic E-state index is 0.0353. The van der Waals surface area contributed by atoms with Gasteiger partial charge in [-0.25, -0.2) is 0 Å². The Morgan fingerprint density at radius 2 is 1.77 bits per heavy atom. The Labute approximate surface area is 176 Å². The van der Waals surface area contributed by atoms with Gasteiger partial charge in [-0.15, -0.1) is 0 Å². The summed E-state index contributed by atoms with van der Waals surface area (Å²) in [7, 11) is 0. The van der Waals surface area contributed by atoms with E-state index in [9.17, 15) is 4.79 Å². The van der Waals surface area contributed by atoms with Crippen molar-refractivity contribution in [3.05, 3.63) is 95.3 Å². The van der Waals surface area contributed by atoms with E-state index in [1.807, 2.05) is 42.5 Å². The van der Waals surface area contributed by atoms with Gasteiger partial charge in [0.05, 0.1) is 6.04 Å². The van der Waals surface area contributed by atoms with Crippen LogP contribution >= 0.6 is 0 Å². The second-order valence-electron chi connectivity index (χ2n) is 8.30. The quantitative estimate of drug-likeness (QED) is 0.630. The molecule has 1 aliphatic carbocycles. The standard InChI is InChI=1S/C25H26N4O/c26-18-10-13-28-21(16-18)22-23(29-24(30)17-6-2-1-3-7-17)19-8-4-5-9-20(19)25(22)11-14-27-15-12-25/h1-10,13,16,22-23,27H,11-12,14-15H2,(H2,26,28)(H,29,30)/t22-,23+/m0/s1. The molecule has 5 heteroatoms. The Morgan fingerprint density at radius 1 is 1.03 bits per heavy atom. The molecule has 0 radical (unpaired) electrons. The molecule has 2 aromatic carbocycles. The molecule has 0 saturated carbocycles. The van der Waals surface area contributed by atoms with Gasteiger partial charge in [-0.05, 0) is 61.3 Å². The van der Waals surface area contributed by atoms with Gasteiger partial charge in [0.15, 0.2) is 0 Å². The summed E-state index contributed by atoms with van der Waals surface area (Å²) >= 11 is 0. The zero-order valence-corrected chi connectivity index (χ0v) is 16.8. The molecule has 0 bridgehead atoms. The SMILES string of the molecule is Nc1ccnc([C@H]2[C@H](NC(=O)c3ccccc3)c3ccccc3C23CCNCC3)c1. The molecule has 1 aromatic heterocycles. The van der Waals surface area contributed by atoms with Crippen molar-refractivity contribution >= 4 is 11.6 Å². The number of benzene rings is 2. The summed E-state index contributed by atoms with van der Waals surface area (Å²) in [6.45, 7) is 1.90. The molecule has 5 nitrogen and oxygen atoms in total. The molecule has 152 valence electrons. The van der Waals surface area contributed by atoms with Gasteiger partial charge in [-0.1, -0.05) is 42.5 Å². The summed E-state index contributed by atoms with van der Waals surface area (Å²) in [6.07, 6.45) is 3.78. The smallest absolute Gasteiger partial charge is 0.251 e. The van der Waals surface area contributed by atoms with Crippen LogP contribution in [0.4, 0.5) is 5.69 Å². The Morgan fingerprint density at radius 3 is 2.53 bits per heavy atom. The summed E-state index contributed by atoms with van der Waals surface area (Å²) in [5.41, 5.74) is 10.9. The lowest BCUT2D eigenvalue weighted by Gasteiger charge is -2.41. The third-order valence-electron chi connectivity index (χ3n) is 6.70. The normalized spacial score (nSPS) is 21.9. The number of hydrogen-bond acceptors (Lipinski definition) is 4. The molecule has 30 heavy (non-hydrogen) atoms. The number of nitrogens with one attached hydrogen (secondary N) is 2. The number of pyridine rings is 1. The Balaban J connectivity index is 1.63. The van der Waals surface area contributed by atoms with Crippen LogP contribution in [0, 0.1) is 0 Å². The van der Waals surface area contributed by atoms with E-state index in [1.54, 1.807) is 6.20 Å². The van der Waals surface area contributed by atoms with E-state index >= 15 is 0 Å². The molecule has 3 aromatic rings. The number of rotatable bonds is 3. The fourth-order valence-electron chi connectivity index (χ4n) is 5.41. The van der Waals surface area contributed by atoms with Crippen LogP contribution in [0.15, 0.2) is 72.9 Å². The Bertz CT molecular complexity index is 1060. The molecular formula is C25H26N4O. The number of nitrogens with zero attached hydrogens (tertiary/aromatic N) is 1. The van der Waals surface area contributed by atoms with Crippen molar-refractivity contribution in [1.29, 1.82) is 0 Å². The number of nitrogen functional groups attached to an aromatic ring is 1. The first-order valence-electron chi connectivity index (χ1n) is 10.6. The predicted molar refractivity (Wildman–Crippen MR) is 118 cm³/mol. The molecule has 1 spiro atoms. The summed E-state index contributed by atoms with van der Waals surface area (Å²) in [5, 5.41) is 6.85. The van der Waals surface area contributed by atoms with Crippen molar-refractivity contribution in [3.63, 3.8) is 0 Å². The van der Waals surface area contributed by atoms with Gasteiger partial charge in [0.1, 0.15) is 0 Å². The summed E-state index contributed by atoms with van der Waals surface area (Å²) in [5.74, 6) is -0.0246. The first kappa shape index (κ1) is 18.8. The third-order valence-corrected chi connectivity index (χ3v) is 6.70. The molecule has 1 amide bonds. The van der Waals surface area contributed by atoms with Gasteiger partial charge in [0.25, 0.3) is 5.91 Å². The monoisotopic (exact) mass is 398 g/mol. The molecule has 2 aliphatic rings. The molecule has 0 unspecified atom stereocenters. The molecular weight excluding hydrogens is 372 g/mol. The number of aromatic nitrogens is 1. The number of nitrogens with two attached hydrogens (primary N) is 1. The highest BCUT2D eigenvalue weighted by Crippen LogP contribution is 2.58. The number of amides is 1. The van der Waals surface area contributed by atoms with Crippen LogP contribution in [-0.4, -0.2) is 24.0 Å². The van der Waals surface area contributed by atoms with Gasteiger partial charge in [0.2, 0.25) is 0 Å². The van der Waals surface area contributed by atoms with Crippen LogP contribution < -0.4 is 16.4 Å². The maximum absolute atomic E-state index is 13.2. The topological polar surface area (TPSA) is 80.0 Å². The number of piperidine rings is 1. The van der Waals surface area contributed by atoms with Crippen LogP contribution in [-0.2, 0) is 5.41 Å². The van der Waals surface area contributed by atoms with Crippen molar-refractivity contribution in [1.82, 2.24) is 15.6 Å². The molecule has 1 saturated heterocycles. The molecule has 5 rings (SSSR count). The third kappa shape index (κ3) is 3.06. The largest absolute Gasteiger partial charge is 0.399 e. The first-order chi connectivity index (χ1) is 14.7. The van der Waals surface area contributed by atoms with Gasteiger partial charge < -0.3 is 16.4 Å². The fraction of sp³-hybridized carbons (Fsp3) is 0.280. The number of carbonyl (C=O) groups is 1.